The predicted molar refractivity (Wildman–Crippen MR) is 82.9 cm³/mol. The average molecular weight is 330 g/mol. The summed E-state index contributed by atoms with van der Waals surface area (Å²) in [7, 11) is 0. The van der Waals surface area contributed by atoms with E-state index in [9.17, 15) is 9.50 Å². The van der Waals surface area contributed by atoms with Gasteiger partial charge in [0.2, 0.25) is 0 Å². The first-order valence-electron chi connectivity index (χ1n) is 6.30. The van der Waals surface area contributed by atoms with Crippen molar-refractivity contribution in [2.75, 3.05) is 18.5 Å². The maximum atomic E-state index is 13.3. The molecule has 0 radical (unpaired) electrons. The van der Waals surface area contributed by atoms with Gasteiger partial charge in [-0.05, 0) is 30.3 Å². The molecule has 0 saturated carbocycles. The quantitative estimate of drug-likeness (QED) is 0.842. The monoisotopic (exact) mass is 329 g/mol. The molecule has 0 aliphatic carbocycles. The zero-order chi connectivity index (χ0) is 15.2. The van der Waals surface area contributed by atoms with E-state index in [0.717, 1.165) is 5.69 Å². The lowest BCUT2D eigenvalue weighted by atomic mass is 10.3. The standard InChI is InChI=1S/C15H14Cl2FNO2/c16-12-6-5-10(7-13(12)17)19-8-11(20)9-21-15-4-2-1-3-14(15)18/h1-7,11,19-20H,8-9H2. The summed E-state index contributed by atoms with van der Waals surface area (Å²) in [6, 6.07) is 11.1. The molecule has 112 valence electrons. The minimum atomic E-state index is -0.793. The lowest BCUT2D eigenvalue weighted by Crippen LogP contribution is -2.26. The van der Waals surface area contributed by atoms with Crippen molar-refractivity contribution in [2.24, 2.45) is 0 Å². The summed E-state index contributed by atoms with van der Waals surface area (Å²) in [5, 5.41) is 13.7. The maximum absolute atomic E-state index is 13.3. The van der Waals surface area contributed by atoms with Gasteiger partial charge in [0, 0.05) is 12.2 Å². The molecule has 0 fully saturated rings. The van der Waals surface area contributed by atoms with Gasteiger partial charge in [0.15, 0.2) is 11.6 Å². The van der Waals surface area contributed by atoms with Crippen LogP contribution in [0, 0.1) is 5.82 Å². The summed E-state index contributed by atoms with van der Waals surface area (Å²) in [5.74, 6) is -0.340. The van der Waals surface area contributed by atoms with E-state index < -0.39 is 11.9 Å². The fraction of sp³-hybridized carbons (Fsp3) is 0.200. The second kappa shape index (κ2) is 7.50. The molecule has 0 heterocycles. The molecule has 2 rings (SSSR count). The number of hydrogen-bond acceptors (Lipinski definition) is 3. The summed E-state index contributed by atoms with van der Waals surface area (Å²) in [4.78, 5) is 0. The number of halogens is 3. The summed E-state index contributed by atoms with van der Waals surface area (Å²) in [6.45, 7) is 0.224. The van der Waals surface area contributed by atoms with Crippen molar-refractivity contribution in [3.63, 3.8) is 0 Å². The Hall–Kier alpha value is -1.49. The van der Waals surface area contributed by atoms with Crippen molar-refractivity contribution >= 4 is 28.9 Å². The van der Waals surface area contributed by atoms with Gasteiger partial charge in [-0.15, -0.1) is 0 Å². The fourth-order valence-corrected chi connectivity index (χ4v) is 1.95. The Kier molecular flexibility index (Phi) is 5.67. The number of anilines is 1. The van der Waals surface area contributed by atoms with Crippen molar-refractivity contribution < 1.29 is 14.2 Å². The second-order valence-electron chi connectivity index (χ2n) is 4.41. The minimum absolute atomic E-state index is 0.0186. The highest BCUT2D eigenvalue weighted by molar-refractivity contribution is 6.42. The van der Waals surface area contributed by atoms with Crippen molar-refractivity contribution in [1.82, 2.24) is 0 Å². The lowest BCUT2D eigenvalue weighted by Gasteiger charge is -2.14. The third-order valence-electron chi connectivity index (χ3n) is 2.73. The number of para-hydroxylation sites is 1. The molecule has 1 unspecified atom stereocenters. The van der Waals surface area contributed by atoms with Gasteiger partial charge in [-0.2, -0.15) is 0 Å². The summed E-state index contributed by atoms with van der Waals surface area (Å²) >= 11 is 11.7. The number of hydrogen-bond donors (Lipinski definition) is 2. The van der Waals surface area contributed by atoms with Crippen LogP contribution in [0.2, 0.25) is 10.0 Å². The third kappa shape index (κ3) is 4.77. The van der Waals surface area contributed by atoms with Gasteiger partial charge in [-0.3, -0.25) is 0 Å². The van der Waals surface area contributed by atoms with Crippen LogP contribution in [0.1, 0.15) is 0 Å². The normalized spacial score (nSPS) is 12.0. The van der Waals surface area contributed by atoms with E-state index >= 15 is 0 Å². The number of rotatable bonds is 6. The van der Waals surface area contributed by atoms with Crippen molar-refractivity contribution in [1.29, 1.82) is 0 Å². The highest BCUT2D eigenvalue weighted by atomic mass is 35.5. The molecule has 2 aromatic carbocycles. The van der Waals surface area contributed by atoms with Gasteiger partial charge in [0.1, 0.15) is 12.7 Å². The molecule has 0 amide bonds. The maximum Gasteiger partial charge on any atom is 0.165 e. The molecule has 2 N–H and O–H groups in total. The Morgan fingerprint density at radius 3 is 2.62 bits per heavy atom. The molecular formula is C15H14Cl2FNO2. The van der Waals surface area contributed by atoms with Crippen LogP contribution in [0.4, 0.5) is 10.1 Å². The molecular weight excluding hydrogens is 316 g/mol. The first-order valence-corrected chi connectivity index (χ1v) is 7.06. The van der Waals surface area contributed by atoms with Crippen LogP contribution < -0.4 is 10.1 Å². The molecule has 0 saturated heterocycles. The average Bonchev–Trinajstić information content (AvgIpc) is 2.47. The van der Waals surface area contributed by atoms with Crippen LogP contribution in [0.3, 0.4) is 0 Å². The Balaban J connectivity index is 1.81. The van der Waals surface area contributed by atoms with Crippen molar-refractivity contribution in [2.45, 2.75) is 6.10 Å². The predicted octanol–water partition coefficient (Wildman–Crippen LogP) is 3.98. The molecule has 21 heavy (non-hydrogen) atoms. The van der Waals surface area contributed by atoms with Crippen LogP contribution in [0.5, 0.6) is 5.75 Å². The smallest absolute Gasteiger partial charge is 0.165 e. The van der Waals surface area contributed by atoms with Crippen LogP contribution in [-0.2, 0) is 0 Å². The lowest BCUT2D eigenvalue weighted by molar-refractivity contribution is 0.115. The molecule has 6 heteroatoms. The van der Waals surface area contributed by atoms with Gasteiger partial charge in [-0.25, -0.2) is 4.39 Å². The Morgan fingerprint density at radius 1 is 1.14 bits per heavy atom. The van der Waals surface area contributed by atoms with Crippen molar-refractivity contribution in [3.8, 4) is 5.75 Å². The number of aliphatic hydroxyl groups excluding tert-OH is 1. The molecule has 0 aromatic heterocycles. The number of benzene rings is 2. The minimum Gasteiger partial charge on any atom is -0.488 e. The number of nitrogens with one attached hydrogen (secondary N) is 1. The van der Waals surface area contributed by atoms with E-state index in [0.29, 0.717) is 10.0 Å². The van der Waals surface area contributed by atoms with Gasteiger partial charge < -0.3 is 15.2 Å². The van der Waals surface area contributed by atoms with Crippen LogP contribution in [0.25, 0.3) is 0 Å². The molecule has 0 aliphatic heterocycles. The van der Waals surface area contributed by atoms with Gasteiger partial charge >= 0.3 is 0 Å². The Labute approximate surface area is 132 Å². The molecule has 1 atom stereocenters. The zero-order valence-corrected chi connectivity index (χ0v) is 12.5. The van der Waals surface area contributed by atoms with E-state index in [1.54, 1.807) is 30.3 Å². The largest absolute Gasteiger partial charge is 0.488 e. The SMILES string of the molecule is OC(CNc1ccc(Cl)c(Cl)c1)COc1ccccc1F. The van der Waals surface area contributed by atoms with E-state index in [2.05, 4.69) is 5.32 Å². The molecule has 0 aliphatic rings. The molecule has 2 aromatic rings. The van der Waals surface area contributed by atoms with Gasteiger partial charge in [-0.1, -0.05) is 35.3 Å². The topological polar surface area (TPSA) is 41.5 Å². The Bertz CT molecular complexity index is 610. The zero-order valence-electron chi connectivity index (χ0n) is 11.0. The first-order chi connectivity index (χ1) is 10.1. The van der Waals surface area contributed by atoms with Gasteiger partial charge in [0.25, 0.3) is 0 Å². The first kappa shape index (κ1) is 15.9. The fourth-order valence-electron chi connectivity index (χ4n) is 1.65. The Morgan fingerprint density at radius 2 is 1.90 bits per heavy atom. The van der Waals surface area contributed by atoms with Crippen LogP contribution >= 0.6 is 23.2 Å². The molecule has 0 spiro atoms. The van der Waals surface area contributed by atoms with Crippen molar-refractivity contribution in [3.05, 3.63) is 58.3 Å². The van der Waals surface area contributed by atoms with E-state index in [1.165, 1.54) is 12.1 Å². The third-order valence-corrected chi connectivity index (χ3v) is 3.47. The van der Waals surface area contributed by atoms with E-state index in [1.807, 2.05) is 0 Å². The number of ether oxygens (including phenoxy) is 1. The highest BCUT2D eigenvalue weighted by Crippen LogP contribution is 2.25. The molecule has 0 bridgehead atoms. The van der Waals surface area contributed by atoms with Crippen LogP contribution in [-0.4, -0.2) is 24.4 Å². The number of aliphatic hydroxyl groups is 1. The van der Waals surface area contributed by atoms with Crippen LogP contribution in [0.15, 0.2) is 42.5 Å². The van der Waals surface area contributed by atoms with E-state index in [-0.39, 0.29) is 18.9 Å². The summed E-state index contributed by atoms with van der Waals surface area (Å²) < 4.78 is 18.5. The second-order valence-corrected chi connectivity index (χ2v) is 5.22. The summed E-state index contributed by atoms with van der Waals surface area (Å²) in [6.07, 6.45) is -0.793. The van der Waals surface area contributed by atoms with E-state index in [4.69, 9.17) is 27.9 Å². The van der Waals surface area contributed by atoms with Gasteiger partial charge in [0.05, 0.1) is 10.0 Å². The molecule has 3 nitrogen and oxygen atoms in total. The summed E-state index contributed by atoms with van der Waals surface area (Å²) in [5.41, 5.74) is 0.731. The highest BCUT2D eigenvalue weighted by Gasteiger charge is 2.08.